The third kappa shape index (κ3) is 3.83. The molecule has 0 bridgehead atoms. The van der Waals surface area contributed by atoms with Gasteiger partial charge in [-0.3, -0.25) is 9.59 Å². The van der Waals surface area contributed by atoms with Crippen molar-refractivity contribution < 1.29 is 23.5 Å². The average molecular weight is 347 g/mol. The highest BCUT2D eigenvalue weighted by atomic mass is 19.1. The van der Waals surface area contributed by atoms with Crippen LogP contribution in [-0.2, 0) is 19.1 Å². The van der Waals surface area contributed by atoms with Gasteiger partial charge in [-0.15, -0.1) is 0 Å². The third-order valence-corrected chi connectivity index (χ3v) is 4.61. The van der Waals surface area contributed by atoms with Gasteiger partial charge in [0.25, 0.3) is 5.91 Å². The molecule has 6 heteroatoms. The first-order valence-corrected chi connectivity index (χ1v) is 8.69. The highest BCUT2D eigenvalue weighted by molar-refractivity contribution is 5.98. The fourth-order valence-electron chi connectivity index (χ4n) is 3.44. The van der Waals surface area contributed by atoms with Gasteiger partial charge in [0, 0.05) is 5.56 Å². The number of amides is 1. The number of benzene rings is 1. The van der Waals surface area contributed by atoms with Gasteiger partial charge in [0.05, 0.1) is 12.6 Å². The SMILES string of the molecule is CCOC(=O)CN1C(=O)/C(=C\c2ccccc2F)OC2CCCCC21. The smallest absolute Gasteiger partial charge is 0.325 e. The Hall–Kier alpha value is -2.37. The van der Waals surface area contributed by atoms with Crippen LogP contribution in [0.1, 0.15) is 38.2 Å². The van der Waals surface area contributed by atoms with Gasteiger partial charge in [-0.25, -0.2) is 4.39 Å². The Morgan fingerprint density at radius 3 is 2.88 bits per heavy atom. The second-order valence-corrected chi connectivity index (χ2v) is 6.28. The summed E-state index contributed by atoms with van der Waals surface area (Å²) < 4.78 is 24.8. The molecule has 0 aromatic heterocycles. The van der Waals surface area contributed by atoms with Crippen molar-refractivity contribution in [2.45, 2.75) is 44.8 Å². The minimum absolute atomic E-state index is 0.0811. The lowest BCUT2D eigenvalue weighted by atomic mass is 9.89. The lowest BCUT2D eigenvalue weighted by molar-refractivity contribution is -0.159. The summed E-state index contributed by atoms with van der Waals surface area (Å²) in [6, 6.07) is 6.07. The maximum absolute atomic E-state index is 13.9. The maximum atomic E-state index is 13.9. The molecule has 1 saturated carbocycles. The van der Waals surface area contributed by atoms with E-state index in [0.717, 1.165) is 25.7 Å². The molecule has 1 saturated heterocycles. The van der Waals surface area contributed by atoms with Gasteiger partial charge in [-0.1, -0.05) is 24.6 Å². The number of morpholine rings is 1. The summed E-state index contributed by atoms with van der Waals surface area (Å²) in [5.41, 5.74) is 0.288. The molecule has 1 aliphatic carbocycles. The van der Waals surface area contributed by atoms with Crippen molar-refractivity contribution in [1.82, 2.24) is 4.90 Å². The first kappa shape index (κ1) is 17.5. The van der Waals surface area contributed by atoms with E-state index in [2.05, 4.69) is 0 Å². The van der Waals surface area contributed by atoms with Crippen LogP contribution in [0.2, 0.25) is 0 Å². The summed E-state index contributed by atoms with van der Waals surface area (Å²) in [6.45, 7) is 1.89. The molecule has 2 unspecified atom stereocenters. The fraction of sp³-hybridized carbons (Fsp3) is 0.474. The van der Waals surface area contributed by atoms with Crippen LogP contribution < -0.4 is 0 Å². The molecule has 2 fully saturated rings. The second kappa shape index (κ2) is 7.68. The Balaban J connectivity index is 1.88. The molecule has 1 heterocycles. The van der Waals surface area contributed by atoms with Gasteiger partial charge < -0.3 is 14.4 Å². The molecule has 0 radical (unpaired) electrons. The molecule has 134 valence electrons. The summed E-state index contributed by atoms with van der Waals surface area (Å²) in [4.78, 5) is 26.3. The predicted molar refractivity (Wildman–Crippen MR) is 89.9 cm³/mol. The van der Waals surface area contributed by atoms with Gasteiger partial charge in [0.2, 0.25) is 0 Å². The molecule has 2 aliphatic rings. The van der Waals surface area contributed by atoms with E-state index >= 15 is 0 Å². The van der Waals surface area contributed by atoms with Crippen LogP contribution in [0.5, 0.6) is 0 Å². The monoisotopic (exact) mass is 347 g/mol. The Morgan fingerprint density at radius 1 is 1.36 bits per heavy atom. The molecule has 0 N–H and O–H groups in total. The highest BCUT2D eigenvalue weighted by Gasteiger charge is 2.42. The largest absolute Gasteiger partial charge is 0.482 e. The van der Waals surface area contributed by atoms with Gasteiger partial charge in [-0.2, -0.15) is 0 Å². The van der Waals surface area contributed by atoms with Crippen LogP contribution in [0.4, 0.5) is 4.39 Å². The predicted octanol–water partition coefficient (Wildman–Crippen LogP) is 2.90. The summed E-state index contributed by atoms with van der Waals surface area (Å²) in [5, 5.41) is 0. The van der Waals surface area contributed by atoms with E-state index in [9.17, 15) is 14.0 Å². The van der Waals surface area contributed by atoms with E-state index in [1.54, 1.807) is 25.1 Å². The Morgan fingerprint density at radius 2 is 2.12 bits per heavy atom. The van der Waals surface area contributed by atoms with Crippen molar-refractivity contribution in [3.8, 4) is 0 Å². The number of esters is 1. The topological polar surface area (TPSA) is 55.8 Å². The molecule has 5 nitrogen and oxygen atoms in total. The van der Waals surface area contributed by atoms with Crippen molar-refractivity contribution in [2.75, 3.05) is 13.2 Å². The van der Waals surface area contributed by atoms with Crippen LogP contribution in [-0.4, -0.2) is 42.1 Å². The van der Waals surface area contributed by atoms with Crippen molar-refractivity contribution in [2.24, 2.45) is 0 Å². The number of carbonyl (C=O) groups excluding carboxylic acids is 2. The number of halogens is 1. The molecular weight excluding hydrogens is 325 g/mol. The number of fused-ring (bicyclic) bond motifs is 1. The average Bonchev–Trinajstić information content (AvgIpc) is 2.60. The van der Waals surface area contributed by atoms with Gasteiger partial charge in [0.15, 0.2) is 5.76 Å². The molecular formula is C19H22FNO4. The standard InChI is InChI=1S/C19H22FNO4/c1-2-24-18(22)12-21-15-9-5-6-10-16(15)25-17(19(21)23)11-13-7-3-4-8-14(13)20/h3-4,7-8,11,15-16H,2,5-6,9-10,12H2,1H3/b17-11+. The van der Waals surface area contributed by atoms with Crippen LogP contribution in [0.15, 0.2) is 30.0 Å². The maximum Gasteiger partial charge on any atom is 0.325 e. The van der Waals surface area contributed by atoms with E-state index in [1.807, 2.05) is 0 Å². The number of rotatable bonds is 4. The van der Waals surface area contributed by atoms with E-state index < -0.39 is 11.8 Å². The van der Waals surface area contributed by atoms with Crippen molar-refractivity contribution >= 4 is 18.0 Å². The molecule has 1 aromatic carbocycles. The summed E-state index contributed by atoms with van der Waals surface area (Å²) in [7, 11) is 0. The quantitative estimate of drug-likeness (QED) is 0.621. The molecule has 2 atom stereocenters. The second-order valence-electron chi connectivity index (χ2n) is 6.28. The number of hydrogen-bond acceptors (Lipinski definition) is 4. The van der Waals surface area contributed by atoms with Crippen LogP contribution in [0.25, 0.3) is 6.08 Å². The van der Waals surface area contributed by atoms with Gasteiger partial charge in [0.1, 0.15) is 18.5 Å². The summed E-state index contributed by atoms with van der Waals surface area (Å²) >= 11 is 0. The van der Waals surface area contributed by atoms with E-state index in [1.165, 1.54) is 17.0 Å². The summed E-state index contributed by atoms with van der Waals surface area (Å²) in [6.07, 6.45) is 4.85. The van der Waals surface area contributed by atoms with Crippen molar-refractivity contribution in [3.05, 3.63) is 41.4 Å². The summed E-state index contributed by atoms with van der Waals surface area (Å²) in [5.74, 6) is -1.17. The number of ether oxygens (including phenoxy) is 2. The van der Waals surface area contributed by atoms with Gasteiger partial charge in [-0.05, 0) is 38.3 Å². The first-order valence-electron chi connectivity index (χ1n) is 8.69. The van der Waals surface area contributed by atoms with E-state index in [4.69, 9.17) is 9.47 Å². The zero-order valence-corrected chi connectivity index (χ0v) is 14.2. The molecule has 1 aromatic rings. The number of carbonyl (C=O) groups is 2. The Kier molecular flexibility index (Phi) is 5.36. The first-order chi connectivity index (χ1) is 12.1. The normalized spacial score (nSPS) is 24.6. The van der Waals surface area contributed by atoms with Crippen molar-refractivity contribution in [1.29, 1.82) is 0 Å². The van der Waals surface area contributed by atoms with E-state index in [-0.39, 0.29) is 42.5 Å². The highest BCUT2D eigenvalue weighted by Crippen LogP contribution is 2.33. The van der Waals surface area contributed by atoms with Crippen LogP contribution in [0, 0.1) is 5.82 Å². The fourth-order valence-corrected chi connectivity index (χ4v) is 3.44. The van der Waals surface area contributed by atoms with Gasteiger partial charge >= 0.3 is 5.97 Å². The molecule has 25 heavy (non-hydrogen) atoms. The van der Waals surface area contributed by atoms with Crippen LogP contribution >= 0.6 is 0 Å². The minimum atomic E-state index is -0.438. The lowest BCUT2D eigenvalue weighted by Crippen LogP contribution is -2.56. The number of nitrogens with zero attached hydrogens (tertiary/aromatic N) is 1. The zero-order chi connectivity index (χ0) is 17.8. The minimum Gasteiger partial charge on any atom is -0.482 e. The zero-order valence-electron chi connectivity index (χ0n) is 14.2. The third-order valence-electron chi connectivity index (χ3n) is 4.61. The molecule has 1 aliphatic heterocycles. The molecule has 3 rings (SSSR count). The molecule has 0 spiro atoms. The van der Waals surface area contributed by atoms with E-state index in [0.29, 0.717) is 0 Å². The molecule has 1 amide bonds. The Labute approximate surface area is 146 Å². The Bertz CT molecular complexity index is 688. The van der Waals surface area contributed by atoms with Crippen LogP contribution in [0.3, 0.4) is 0 Å². The lowest BCUT2D eigenvalue weighted by Gasteiger charge is -2.43. The number of hydrogen-bond donors (Lipinski definition) is 0. The van der Waals surface area contributed by atoms with Crippen molar-refractivity contribution in [3.63, 3.8) is 0 Å².